The maximum absolute atomic E-state index is 13.3. The molecule has 0 spiro atoms. The van der Waals surface area contributed by atoms with Gasteiger partial charge in [-0.25, -0.2) is 0 Å². The van der Waals surface area contributed by atoms with Crippen molar-refractivity contribution >= 4 is 23.2 Å². The average molecular weight is 433 g/mol. The van der Waals surface area contributed by atoms with Crippen LogP contribution in [0.15, 0.2) is 71.4 Å². The van der Waals surface area contributed by atoms with Crippen LogP contribution in [0.25, 0.3) is 11.1 Å². The van der Waals surface area contributed by atoms with E-state index < -0.39 is 5.41 Å². The Kier molecular flexibility index (Phi) is 6.23. The minimum atomic E-state index is -0.580. The minimum absolute atomic E-state index is 0.100. The highest BCUT2D eigenvalue weighted by molar-refractivity contribution is 7.08. The molecule has 1 fully saturated rings. The molecule has 0 aliphatic carbocycles. The maximum atomic E-state index is 13.3. The molecule has 0 bridgehead atoms. The number of likely N-dealkylation sites (tertiary alicyclic amines) is 1. The average Bonchev–Trinajstić information content (AvgIpc) is 3.45. The van der Waals surface area contributed by atoms with Crippen molar-refractivity contribution in [2.75, 3.05) is 27.2 Å². The first-order valence-electron chi connectivity index (χ1n) is 10.6. The normalized spacial score (nSPS) is 18.2. The van der Waals surface area contributed by atoms with Crippen LogP contribution in [0.3, 0.4) is 0 Å². The number of hydrogen-bond acceptors (Lipinski definition) is 3. The van der Waals surface area contributed by atoms with Crippen molar-refractivity contribution in [1.29, 1.82) is 0 Å². The van der Waals surface area contributed by atoms with Gasteiger partial charge in [0.15, 0.2) is 0 Å². The van der Waals surface area contributed by atoms with Gasteiger partial charge in [-0.1, -0.05) is 54.6 Å². The molecule has 2 amide bonds. The lowest BCUT2D eigenvalue weighted by atomic mass is 9.79. The quantitative estimate of drug-likeness (QED) is 0.575. The number of amides is 2. The second-order valence-electron chi connectivity index (χ2n) is 8.60. The minimum Gasteiger partial charge on any atom is -0.348 e. The molecule has 3 aromatic rings. The van der Waals surface area contributed by atoms with Gasteiger partial charge in [0.1, 0.15) is 0 Å². The van der Waals surface area contributed by atoms with Crippen LogP contribution in [0, 0.1) is 5.41 Å². The molecular weight excluding hydrogens is 404 g/mol. The third kappa shape index (κ3) is 4.72. The summed E-state index contributed by atoms with van der Waals surface area (Å²) < 4.78 is 0. The number of carbonyl (C=O) groups is 2. The fourth-order valence-corrected chi connectivity index (χ4v) is 5.18. The summed E-state index contributed by atoms with van der Waals surface area (Å²) in [6.07, 6.45) is 1.72. The van der Waals surface area contributed by atoms with Crippen molar-refractivity contribution in [3.8, 4) is 11.1 Å². The predicted octanol–water partition coefficient (Wildman–Crippen LogP) is 4.51. The van der Waals surface area contributed by atoms with Crippen molar-refractivity contribution in [3.05, 3.63) is 82.6 Å². The molecule has 31 heavy (non-hydrogen) atoms. The van der Waals surface area contributed by atoms with E-state index in [1.807, 2.05) is 39.9 Å². The molecule has 2 heterocycles. The highest BCUT2D eigenvalue weighted by Crippen LogP contribution is 2.37. The lowest BCUT2D eigenvalue weighted by molar-refractivity contribution is -0.139. The molecule has 1 aromatic heterocycles. The number of rotatable bonds is 6. The van der Waals surface area contributed by atoms with Crippen LogP contribution in [0.4, 0.5) is 0 Å². The number of nitrogens with zero attached hydrogens (tertiary/aromatic N) is 2. The Hall–Kier alpha value is -2.92. The largest absolute Gasteiger partial charge is 0.348 e. The van der Waals surface area contributed by atoms with Gasteiger partial charge in [-0.3, -0.25) is 9.59 Å². The summed E-state index contributed by atoms with van der Waals surface area (Å²) in [5.74, 6) is 0.202. The second kappa shape index (κ2) is 9.06. The van der Waals surface area contributed by atoms with Crippen LogP contribution < -0.4 is 0 Å². The third-order valence-electron chi connectivity index (χ3n) is 6.08. The summed E-state index contributed by atoms with van der Waals surface area (Å²) in [7, 11) is 3.61. The Morgan fingerprint density at radius 2 is 1.77 bits per heavy atom. The van der Waals surface area contributed by atoms with Crippen LogP contribution >= 0.6 is 11.3 Å². The Bertz CT molecular complexity index is 1050. The van der Waals surface area contributed by atoms with E-state index in [-0.39, 0.29) is 11.8 Å². The Morgan fingerprint density at radius 1 is 1.00 bits per heavy atom. The molecule has 2 aromatic carbocycles. The fraction of sp³-hybridized carbons (Fsp3) is 0.308. The molecule has 1 aliphatic rings. The van der Waals surface area contributed by atoms with Crippen molar-refractivity contribution in [2.24, 2.45) is 5.41 Å². The van der Waals surface area contributed by atoms with E-state index in [2.05, 4.69) is 36.4 Å². The van der Waals surface area contributed by atoms with Gasteiger partial charge in [-0.15, -0.1) is 0 Å². The first-order valence-corrected chi connectivity index (χ1v) is 11.6. The molecule has 160 valence electrons. The van der Waals surface area contributed by atoms with Crippen LogP contribution in [-0.2, 0) is 22.4 Å². The standard InChI is InChI=1S/C26H28N2O2S/c1-27(2)25(30)26(12-13-28(19-26)24(29)16-21-11-14-31-18-21)17-20-7-6-10-23(15-20)22-8-4-3-5-9-22/h3-11,14-15,18H,12-13,16-17,19H2,1-2H3/t26-/m1/s1. The second-order valence-corrected chi connectivity index (χ2v) is 9.38. The molecule has 0 saturated carbocycles. The Morgan fingerprint density at radius 3 is 2.48 bits per heavy atom. The first-order chi connectivity index (χ1) is 15.0. The van der Waals surface area contributed by atoms with Gasteiger partial charge in [0.25, 0.3) is 0 Å². The summed E-state index contributed by atoms with van der Waals surface area (Å²) in [5, 5.41) is 4.01. The van der Waals surface area contributed by atoms with E-state index in [0.717, 1.165) is 22.3 Å². The summed E-state index contributed by atoms with van der Waals surface area (Å²) in [4.78, 5) is 29.7. The van der Waals surface area contributed by atoms with E-state index >= 15 is 0 Å². The Balaban J connectivity index is 1.56. The number of hydrogen-bond donors (Lipinski definition) is 0. The zero-order valence-corrected chi connectivity index (χ0v) is 18.9. The van der Waals surface area contributed by atoms with E-state index in [4.69, 9.17) is 0 Å². The highest BCUT2D eigenvalue weighted by atomic mass is 32.1. The number of carbonyl (C=O) groups excluding carboxylic acids is 2. The van der Waals surface area contributed by atoms with E-state index in [1.165, 1.54) is 0 Å². The SMILES string of the molecule is CN(C)C(=O)[C@@]1(Cc2cccc(-c3ccccc3)c2)CCN(C(=O)Cc2ccsc2)C1. The van der Waals surface area contributed by atoms with E-state index in [9.17, 15) is 9.59 Å². The van der Waals surface area contributed by atoms with Crippen LogP contribution in [0.2, 0.25) is 0 Å². The van der Waals surface area contributed by atoms with Gasteiger partial charge in [-0.05, 0) is 51.9 Å². The summed E-state index contributed by atoms with van der Waals surface area (Å²) in [6, 6.07) is 20.7. The summed E-state index contributed by atoms with van der Waals surface area (Å²) >= 11 is 1.60. The molecule has 0 unspecified atom stereocenters. The lowest BCUT2D eigenvalue weighted by Crippen LogP contribution is -2.44. The van der Waals surface area contributed by atoms with Gasteiger partial charge in [0.2, 0.25) is 11.8 Å². The van der Waals surface area contributed by atoms with E-state index in [0.29, 0.717) is 32.4 Å². The van der Waals surface area contributed by atoms with Gasteiger partial charge in [0.05, 0.1) is 11.8 Å². The van der Waals surface area contributed by atoms with Crippen molar-refractivity contribution in [3.63, 3.8) is 0 Å². The van der Waals surface area contributed by atoms with Gasteiger partial charge < -0.3 is 9.80 Å². The molecule has 1 saturated heterocycles. The van der Waals surface area contributed by atoms with Gasteiger partial charge >= 0.3 is 0 Å². The summed E-state index contributed by atoms with van der Waals surface area (Å²) in [5.41, 5.74) is 3.90. The van der Waals surface area contributed by atoms with Crippen LogP contribution in [-0.4, -0.2) is 48.8 Å². The zero-order chi connectivity index (χ0) is 21.8. The smallest absolute Gasteiger partial charge is 0.230 e. The summed E-state index contributed by atoms with van der Waals surface area (Å²) in [6.45, 7) is 1.10. The molecule has 1 aliphatic heterocycles. The van der Waals surface area contributed by atoms with Crippen molar-refractivity contribution in [1.82, 2.24) is 9.80 Å². The monoisotopic (exact) mass is 432 g/mol. The highest BCUT2D eigenvalue weighted by Gasteiger charge is 2.46. The van der Waals surface area contributed by atoms with E-state index in [1.54, 1.807) is 30.3 Å². The molecule has 5 heteroatoms. The third-order valence-corrected chi connectivity index (χ3v) is 6.81. The topological polar surface area (TPSA) is 40.6 Å². The van der Waals surface area contributed by atoms with Crippen LogP contribution in [0.5, 0.6) is 0 Å². The zero-order valence-electron chi connectivity index (χ0n) is 18.1. The van der Waals surface area contributed by atoms with Crippen LogP contribution in [0.1, 0.15) is 17.5 Å². The fourth-order valence-electron chi connectivity index (χ4n) is 4.52. The predicted molar refractivity (Wildman–Crippen MR) is 126 cm³/mol. The van der Waals surface area contributed by atoms with Gasteiger partial charge in [-0.2, -0.15) is 11.3 Å². The molecule has 0 N–H and O–H groups in total. The first kappa shape index (κ1) is 21.3. The lowest BCUT2D eigenvalue weighted by Gasteiger charge is -2.31. The Labute approximate surface area is 188 Å². The molecule has 4 rings (SSSR count). The molecule has 4 nitrogen and oxygen atoms in total. The molecular formula is C26H28N2O2S. The number of thiophene rings is 1. The maximum Gasteiger partial charge on any atom is 0.230 e. The molecule has 1 atom stereocenters. The number of benzene rings is 2. The van der Waals surface area contributed by atoms with Gasteiger partial charge in [0, 0.05) is 27.2 Å². The van der Waals surface area contributed by atoms with Crippen molar-refractivity contribution < 1.29 is 9.59 Å². The van der Waals surface area contributed by atoms with Crippen molar-refractivity contribution in [2.45, 2.75) is 19.3 Å². The molecule has 0 radical (unpaired) electrons.